The lowest BCUT2D eigenvalue weighted by atomic mass is 9.84. The normalized spacial score (nSPS) is 27.6. The summed E-state index contributed by atoms with van der Waals surface area (Å²) in [6.45, 7) is 13.9. The quantitative estimate of drug-likeness (QED) is 0.656. The van der Waals surface area contributed by atoms with Crippen molar-refractivity contribution in [3.8, 4) is 0 Å². The first-order valence-corrected chi connectivity index (χ1v) is 9.52. The van der Waals surface area contributed by atoms with E-state index in [-0.39, 0.29) is 0 Å². The van der Waals surface area contributed by atoms with Crippen LogP contribution < -0.4 is 5.32 Å². The molecule has 2 saturated carbocycles. The van der Waals surface area contributed by atoms with Gasteiger partial charge in [-0.15, -0.1) is 0 Å². The van der Waals surface area contributed by atoms with Gasteiger partial charge in [-0.2, -0.15) is 0 Å². The van der Waals surface area contributed by atoms with Crippen LogP contribution in [0.25, 0.3) is 0 Å². The largest absolute Gasteiger partial charge is 0.312 e. The van der Waals surface area contributed by atoms with E-state index in [2.05, 4.69) is 46.9 Å². The maximum Gasteiger partial charge on any atom is 0.00719 e. The van der Waals surface area contributed by atoms with Crippen molar-refractivity contribution in [3.05, 3.63) is 0 Å². The van der Waals surface area contributed by atoms with Crippen LogP contribution in [-0.4, -0.2) is 12.1 Å². The molecule has 1 heteroatoms. The van der Waals surface area contributed by atoms with Gasteiger partial charge in [-0.1, -0.05) is 80.1 Å². The summed E-state index contributed by atoms with van der Waals surface area (Å²) in [6, 6.07) is 1.46. The maximum absolute atomic E-state index is 3.61. The fraction of sp³-hybridized carbons (Fsp3) is 1.00. The zero-order chi connectivity index (χ0) is 15.9. The van der Waals surface area contributed by atoms with Gasteiger partial charge in [-0.05, 0) is 36.5 Å². The standard InChI is InChI=1S/C10H21N.C10H20/c1-8(2)11-10-6-4-5-9(3)7-10;1-10(2,3)8-9-6-4-5-7-9/h8-11H,4-7H2,1-3H3;9H,4-8H2,1-3H3. The number of nitrogens with one attached hydrogen (secondary N) is 1. The Labute approximate surface area is 134 Å². The van der Waals surface area contributed by atoms with E-state index in [9.17, 15) is 0 Å². The molecule has 2 aliphatic rings. The second kappa shape index (κ2) is 9.18. The summed E-state index contributed by atoms with van der Waals surface area (Å²) >= 11 is 0. The lowest BCUT2D eigenvalue weighted by Crippen LogP contribution is -2.37. The number of rotatable bonds is 3. The molecule has 0 radical (unpaired) electrons. The minimum atomic E-state index is 0.564. The maximum atomic E-state index is 3.61. The van der Waals surface area contributed by atoms with Crippen molar-refractivity contribution in [1.29, 1.82) is 0 Å². The van der Waals surface area contributed by atoms with Gasteiger partial charge in [0.1, 0.15) is 0 Å². The third kappa shape index (κ3) is 9.55. The van der Waals surface area contributed by atoms with Gasteiger partial charge >= 0.3 is 0 Å². The second-order valence-electron chi connectivity index (χ2n) is 9.21. The summed E-state index contributed by atoms with van der Waals surface area (Å²) in [6.07, 6.45) is 13.0. The average molecular weight is 296 g/mol. The SMILES string of the molecule is CC(C)(C)CC1CCCC1.CC1CCCC(NC(C)C)C1. The summed E-state index contributed by atoms with van der Waals surface area (Å²) < 4.78 is 0. The highest BCUT2D eigenvalue weighted by molar-refractivity contribution is 4.77. The van der Waals surface area contributed by atoms with Crippen LogP contribution in [0.4, 0.5) is 0 Å². The lowest BCUT2D eigenvalue weighted by molar-refractivity contribution is 0.289. The van der Waals surface area contributed by atoms with Gasteiger partial charge in [0.2, 0.25) is 0 Å². The molecule has 2 aliphatic carbocycles. The minimum Gasteiger partial charge on any atom is -0.312 e. The first-order valence-electron chi connectivity index (χ1n) is 9.52. The van der Waals surface area contributed by atoms with Crippen molar-refractivity contribution in [2.24, 2.45) is 17.3 Å². The van der Waals surface area contributed by atoms with Crippen LogP contribution in [0.2, 0.25) is 0 Å². The summed E-state index contributed by atoms with van der Waals surface area (Å²) in [5, 5.41) is 3.61. The molecule has 0 spiro atoms. The first kappa shape index (κ1) is 19.0. The Balaban J connectivity index is 0.000000211. The molecule has 2 fully saturated rings. The molecule has 1 nitrogen and oxygen atoms in total. The predicted octanol–water partition coefficient (Wildman–Crippen LogP) is 6.18. The van der Waals surface area contributed by atoms with E-state index < -0.39 is 0 Å². The summed E-state index contributed by atoms with van der Waals surface area (Å²) in [5.41, 5.74) is 0.564. The Morgan fingerprint density at radius 1 is 0.952 bits per heavy atom. The second-order valence-corrected chi connectivity index (χ2v) is 9.21. The van der Waals surface area contributed by atoms with Crippen LogP contribution in [0.15, 0.2) is 0 Å². The monoisotopic (exact) mass is 295 g/mol. The molecule has 21 heavy (non-hydrogen) atoms. The van der Waals surface area contributed by atoms with E-state index >= 15 is 0 Å². The van der Waals surface area contributed by atoms with E-state index in [0.717, 1.165) is 17.9 Å². The van der Waals surface area contributed by atoms with Crippen molar-refractivity contribution in [2.45, 2.75) is 111 Å². The topological polar surface area (TPSA) is 12.0 Å². The van der Waals surface area contributed by atoms with Crippen molar-refractivity contribution in [1.82, 2.24) is 5.32 Å². The van der Waals surface area contributed by atoms with Gasteiger partial charge in [-0.25, -0.2) is 0 Å². The molecule has 2 unspecified atom stereocenters. The van der Waals surface area contributed by atoms with Gasteiger partial charge in [0, 0.05) is 12.1 Å². The summed E-state index contributed by atoms with van der Waals surface area (Å²) in [4.78, 5) is 0. The molecular weight excluding hydrogens is 254 g/mol. The molecule has 1 N–H and O–H groups in total. The highest BCUT2D eigenvalue weighted by Gasteiger charge is 2.21. The van der Waals surface area contributed by atoms with Crippen molar-refractivity contribution < 1.29 is 0 Å². The summed E-state index contributed by atoms with van der Waals surface area (Å²) in [7, 11) is 0. The van der Waals surface area contributed by atoms with Crippen LogP contribution in [0.3, 0.4) is 0 Å². The van der Waals surface area contributed by atoms with Gasteiger partial charge in [0.25, 0.3) is 0 Å². The lowest BCUT2D eigenvalue weighted by Gasteiger charge is -2.29. The average Bonchev–Trinajstić information content (AvgIpc) is 2.79. The number of hydrogen-bond donors (Lipinski definition) is 1. The Kier molecular flexibility index (Phi) is 8.31. The van der Waals surface area contributed by atoms with E-state index in [4.69, 9.17) is 0 Å². The fourth-order valence-corrected chi connectivity index (χ4v) is 4.14. The molecule has 0 heterocycles. The fourth-order valence-electron chi connectivity index (χ4n) is 4.14. The van der Waals surface area contributed by atoms with E-state index in [1.807, 2.05) is 0 Å². The predicted molar refractivity (Wildman–Crippen MR) is 95.7 cm³/mol. The molecule has 0 aliphatic heterocycles. The zero-order valence-corrected chi connectivity index (χ0v) is 15.7. The highest BCUT2D eigenvalue weighted by atomic mass is 14.9. The smallest absolute Gasteiger partial charge is 0.00719 e. The molecule has 0 saturated heterocycles. The molecule has 0 bridgehead atoms. The summed E-state index contributed by atoms with van der Waals surface area (Å²) in [5.74, 6) is 2.00. The Morgan fingerprint density at radius 3 is 2.05 bits per heavy atom. The molecule has 0 amide bonds. The zero-order valence-electron chi connectivity index (χ0n) is 15.7. The molecule has 2 atom stereocenters. The van der Waals surface area contributed by atoms with Gasteiger partial charge < -0.3 is 5.32 Å². The third-order valence-electron chi connectivity index (χ3n) is 4.88. The van der Waals surface area contributed by atoms with Crippen LogP contribution in [-0.2, 0) is 0 Å². The molecule has 0 aromatic carbocycles. The van der Waals surface area contributed by atoms with Crippen LogP contribution in [0.5, 0.6) is 0 Å². The molecule has 0 aromatic rings. The van der Waals surface area contributed by atoms with Crippen molar-refractivity contribution in [2.75, 3.05) is 0 Å². The molecule has 0 aromatic heterocycles. The molecular formula is C20H41N. The van der Waals surface area contributed by atoms with E-state index in [1.165, 1.54) is 57.8 Å². The highest BCUT2D eigenvalue weighted by Crippen LogP contribution is 2.34. The van der Waals surface area contributed by atoms with Crippen molar-refractivity contribution >= 4 is 0 Å². The first-order chi connectivity index (χ1) is 9.76. The van der Waals surface area contributed by atoms with Crippen LogP contribution in [0, 0.1) is 17.3 Å². The van der Waals surface area contributed by atoms with Crippen molar-refractivity contribution in [3.63, 3.8) is 0 Å². The van der Waals surface area contributed by atoms with Crippen LogP contribution >= 0.6 is 0 Å². The Morgan fingerprint density at radius 2 is 1.57 bits per heavy atom. The molecule has 2 rings (SSSR count). The van der Waals surface area contributed by atoms with Gasteiger partial charge in [0.15, 0.2) is 0 Å². The van der Waals surface area contributed by atoms with Gasteiger partial charge in [-0.3, -0.25) is 0 Å². The molecule has 126 valence electrons. The third-order valence-corrected chi connectivity index (χ3v) is 4.88. The Bertz CT molecular complexity index is 256. The van der Waals surface area contributed by atoms with E-state index in [0.29, 0.717) is 11.5 Å². The number of hydrogen-bond acceptors (Lipinski definition) is 1. The Hall–Kier alpha value is -0.0400. The van der Waals surface area contributed by atoms with Crippen LogP contribution in [0.1, 0.15) is 99.3 Å². The van der Waals surface area contributed by atoms with Gasteiger partial charge in [0.05, 0.1) is 0 Å². The van der Waals surface area contributed by atoms with E-state index in [1.54, 1.807) is 0 Å². The minimum absolute atomic E-state index is 0.564.